The van der Waals surface area contributed by atoms with Crippen molar-refractivity contribution in [1.29, 1.82) is 0 Å². The Balaban J connectivity index is 1.36. The van der Waals surface area contributed by atoms with Gasteiger partial charge in [0.25, 0.3) is 5.91 Å². The van der Waals surface area contributed by atoms with Crippen molar-refractivity contribution in [2.45, 2.75) is 24.5 Å². The highest BCUT2D eigenvalue weighted by atomic mass is 35.5. The first-order valence-corrected chi connectivity index (χ1v) is 11.6. The second-order valence-corrected chi connectivity index (χ2v) is 8.91. The van der Waals surface area contributed by atoms with Gasteiger partial charge >= 0.3 is 0 Å². The summed E-state index contributed by atoms with van der Waals surface area (Å²) in [6.07, 6.45) is 2.15. The molecule has 2 aromatic carbocycles. The van der Waals surface area contributed by atoms with E-state index in [4.69, 9.17) is 16.0 Å². The lowest BCUT2D eigenvalue weighted by Gasteiger charge is -2.19. The number of amides is 1. The Morgan fingerprint density at radius 1 is 1.18 bits per heavy atom. The molecule has 166 valence electrons. The highest BCUT2D eigenvalue weighted by Crippen LogP contribution is 2.34. The van der Waals surface area contributed by atoms with Gasteiger partial charge in [-0.3, -0.25) is 4.79 Å². The molecule has 1 amide bonds. The number of carbonyl (C=O) groups is 1. The van der Waals surface area contributed by atoms with Crippen molar-refractivity contribution in [3.05, 3.63) is 88.8 Å². The summed E-state index contributed by atoms with van der Waals surface area (Å²) in [4.78, 5) is 13.2. The van der Waals surface area contributed by atoms with Crippen LogP contribution >= 0.6 is 23.4 Å². The number of aryl methyl sites for hydroxylation is 1. The minimum absolute atomic E-state index is 0.126. The van der Waals surface area contributed by atoms with E-state index >= 15 is 0 Å². The molecule has 0 bridgehead atoms. The van der Waals surface area contributed by atoms with Crippen LogP contribution in [-0.4, -0.2) is 42.6 Å². The standard InChI is InChI=1S/C23H19ClN6O2S/c1-15-4-2-5-18(12-15)29-23(25-27-28-29)33-14-22(31)30-20(21-6-3-11-32-21)13-19(26-30)16-7-9-17(24)10-8-16/h2-12,20H,13-14H2,1H3. The van der Waals surface area contributed by atoms with Crippen LogP contribution in [0.1, 0.15) is 29.3 Å². The first-order valence-electron chi connectivity index (χ1n) is 10.3. The van der Waals surface area contributed by atoms with Crippen molar-refractivity contribution in [1.82, 2.24) is 25.2 Å². The lowest BCUT2D eigenvalue weighted by molar-refractivity contribution is -0.130. The van der Waals surface area contributed by atoms with Crippen LogP contribution in [0.3, 0.4) is 0 Å². The van der Waals surface area contributed by atoms with Gasteiger partial charge in [-0.05, 0) is 64.9 Å². The molecule has 4 aromatic rings. The highest BCUT2D eigenvalue weighted by Gasteiger charge is 2.35. The molecule has 5 rings (SSSR count). The molecule has 1 aliphatic heterocycles. The monoisotopic (exact) mass is 478 g/mol. The number of carbonyl (C=O) groups excluding carboxylic acids is 1. The quantitative estimate of drug-likeness (QED) is 0.373. The number of hydrogen-bond donors (Lipinski definition) is 0. The maximum atomic E-state index is 13.2. The molecule has 1 atom stereocenters. The van der Waals surface area contributed by atoms with Crippen LogP contribution in [0.2, 0.25) is 5.02 Å². The number of hydrogen-bond acceptors (Lipinski definition) is 7. The fraction of sp³-hybridized carbons (Fsp3) is 0.174. The molecule has 0 saturated carbocycles. The Kier molecular flexibility index (Phi) is 5.97. The van der Waals surface area contributed by atoms with Gasteiger partial charge in [0, 0.05) is 11.4 Å². The van der Waals surface area contributed by atoms with Crippen LogP contribution in [0.25, 0.3) is 5.69 Å². The SMILES string of the molecule is Cc1cccc(-n2nnnc2SCC(=O)N2N=C(c3ccc(Cl)cc3)CC2c2ccco2)c1. The third-order valence-electron chi connectivity index (χ3n) is 5.23. The number of thioether (sulfide) groups is 1. The number of hydrazone groups is 1. The zero-order chi connectivity index (χ0) is 22.8. The zero-order valence-corrected chi connectivity index (χ0v) is 19.2. The summed E-state index contributed by atoms with van der Waals surface area (Å²) in [6, 6.07) is 18.6. The van der Waals surface area contributed by atoms with Crippen molar-refractivity contribution >= 4 is 35.0 Å². The average Bonchev–Trinajstić information content (AvgIpc) is 3.58. The smallest absolute Gasteiger partial charge is 0.253 e. The zero-order valence-electron chi connectivity index (χ0n) is 17.6. The molecule has 0 N–H and O–H groups in total. The average molecular weight is 479 g/mol. The first kappa shape index (κ1) is 21.4. The highest BCUT2D eigenvalue weighted by molar-refractivity contribution is 7.99. The lowest BCUT2D eigenvalue weighted by Crippen LogP contribution is -2.28. The van der Waals surface area contributed by atoms with Crippen molar-refractivity contribution in [2.24, 2.45) is 5.10 Å². The van der Waals surface area contributed by atoms with Gasteiger partial charge in [0.2, 0.25) is 5.16 Å². The molecule has 0 aliphatic carbocycles. The molecule has 10 heteroatoms. The van der Waals surface area contributed by atoms with E-state index in [-0.39, 0.29) is 17.7 Å². The second-order valence-electron chi connectivity index (χ2n) is 7.53. The Morgan fingerprint density at radius 2 is 2.03 bits per heavy atom. The Labute approximate surface area is 199 Å². The van der Waals surface area contributed by atoms with E-state index in [2.05, 4.69) is 20.6 Å². The van der Waals surface area contributed by atoms with Crippen LogP contribution in [-0.2, 0) is 4.79 Å². The van der Waals surface area contributed by atoms with Gasteiger partial charge in [-0.2, -0.15) is 9.78 Å². The summed E-state index contributed by atoms with van der Waals surface area (Å²) >= 11 is 7.29. The van der Waals surface area contributed by atoms with Gasteiger partial charge in [0.15, 0.2) is 0 Å². The number of aromatic nitrogens is 4. The van der Waals surface area contributed by atoms with Gasteiger partial charge in [0.05, 0.1) is 23.4 Å². The second kappa shape index (κ2) is 9.21. The van der Waals surface area contributed by atoms with Crippen molar-refractivity contribution in [3.63, 3.8) is 0 Å². The molecule has 0 fully saturated rings. The summed E-state index contributed by atoms with van der Waals surface area (Å²) in [5, 5.41) is 19.3. The number of halogens is 1. The van der Waals surface area contributed by atoms with Crippen LogP contribution in [0.4, 0.5) is 0 Å². The maximum absolute atomic E-state index is 13.2. The predicted molar refractivity (Wildman–Crippen MR) is 126 cm³/mol. The van der Waals surface area contributed by atoms with Gasteiger partial charge in [-0.1, -0.05) is 47.6 Å². The molecule has 0 spiro atoms. The van der Waals surface area contributed by atoms with Crippen molar-refractivity contribution < 1.29 is 9.21 Å². The number of nitrogens with zero attached hydrogens (tertiary/aromatic N) is 6. The molecule has 2 aromatic heterocycles. The van der Waals surface area contributed by atoms with E-state index < -0.39 is 0 Å². The molecular formula is C23H19ClN6O2S. The van der Waals surface area contributed by atoms with E-state index in [1.165, 1.54) is 16.8 Å². The molecule has 1 unspecified atom stereocenters. The molecule has 0 radical (unpaired) electrons. The van der Waals surface area contributed by atoms with Crippen LogP contribution in [0.15, 0.2) is 81.6 Å². The molecule has 0 saturated heterocycles. The summed E-state index contributed by atoms with van der Waals surface area (Å²) in [7, 11) is 0. The van der Waals surface area contributed by atoms with Crippen molar-refractivity contribution in [3.8, 4) is 5.69 Å². The molecule has 3 heterocycles. The number of benzene rings is 2. The fourth-order valence-corrected chi connectivity index (χ4v) is 4.51. The van der Waals surface area contributed by atoms with E-state index in [9.17, 15) is 4.79 Å². The molecule has 33 heavy (non-hydrogen) atoms. The summed E-state index contributed by atoms with van der Waals surface area (Å²) in [5.74, 6) is 0.649. The van der Waals surface area contributed by atoms with E-state index in [1.807, 2.05) is 67.6 Å². The van der Waals surface area contributed by atoms with E-state index in [1.54, 1.807) is 10.9 Å². The molecule has 1 aliphatic rings. The molecular weight excluding hydrogens is 460 g/mol. The lowest BCUT2D eigenvalue weighted by atomic mass is 10.0. The van der Waals surface area contributed by atoms with E-state index in [0.29, 0.717) is 22.4 Å². The maximum Gasteiger partial charge on any atom is 0.253 e. The normalized spacial score (nSPS) is 15.6. The Morgan fingerprint density at radius 3 is 2.79 bits per heavy atom. The molecule has 8 nitrogen and oxygen atoms in total. The minimum Gasteiger partial charge on any atom is -0.467 e. The third-order valence-corrected chi connectivity index (χ3v) is 6.38. The van der Waals surface area contributed by atoms with Crippen LogP contribution < -0.4 is 0 Å². The first-order chi connectivity index (χ1) is 16.1. The summed E-state index contributed by atoms with van der Waals surface area (Å²) in [6.45, 7) is 2.00. The van der Waals surface area contributed by atoms with Gasteiger partial charge < -0.3 is 4.42 Å². The Hall–Kier alpha value is -3.43. The third kappa shape index (κ3) is 4.55. The Bertz CT molecular complexity index is 1300. The van der Waals surface area contributed by atoms with Crippen molar-refractivity contribution in [2.75, 3.05) is 5.75 Å². The fourth-order valence-electron chi connectivity index (χ4n) is 3.64. The summed E-state index contributed by atoms with van der Waals surface area (Å²) < 4.78 is 7.23. The van der Waals surface area contributed by atoms with Crippen LogP contribution in [0.5, 0.6) is 0 Å². The predicted octanol–water partition coefficient (Wildman–Crippen LogP) is 4.69. The van der Waals surface area contributed by atoms with Gasteiger partial charge in [-0.25, -0.2) is 5.01 Å². The number of tetrazole rings is 1. The summed E-state index contributed by atoms with van der Waals surface area (Å²) in [5.41, 5.74) is 3.66. The topological polar surface area (TPSA) is 89.4 Å². The van der Waals surface area contributed by atoms with Gasteiger partial charge in [0.1, 0.15) is 11.8 Å². The van der Waals surface area contributed by atoms with Crippen LogP contribution in [0, 0.1) is 6.92 Å². The van der Waals surface area contributed by atoms with E-state index in [0.717, 1.165) is 22.5 Å². The minimum atomic E-state index is -0.313. The largest absolute Gasteiger partial charge is 0.467 e. The number of furan rings is 1. The number of rotatable bonds is 6. The van der Waals surface area contributed by atoms with Gasteiger partial charge in [-0.15, -0.1) is 5.10 Å².